The molecule has 0 amide bonds. The first-order valence-electron chi connectivity index (χ1n) is 7.26. The molecule has 1 aliphatic rings. The number of nitrogens with zero attached hydrogens (tertiary/aromatic N) is 1. The molecular weight excluding hydrogens is 236 g/mol. The molecule has 1 N–H and O–H groups in total. The lowest BCUT2D eigenvalue weighted by Crippen LogP contribution is -2.56. The van der Waals surface area contributed by atoms with Crippen molar-refractivity contribution in [3.8, 4) is 5.75 Å². The fraction of sp³-hybridized carbons (Fsp3) is 0.625. The maximum Gasteiger partial charge on any atom is 0.119 e. The van der Waals surface area contributed by atoms with Gasteiger partial charge in [0, 0.05) is 12.1 Å². The molecule has 1 aliphatic heterocycles. The molecule has 1 aromatic carbocycles. The van der Waals surface area contributed by atoms with Crippen LogP contribution >= 0.6 is 0 Å². The Bertz CT molecular complexity index is 380. The van der Waals surface area contributed by atoms with Gasteiger partial charge in [0.15, 0.2) is 0 Å². The first kappa shape index (κ1) is 14.4. The van der Waals surface area contributed by atoms with Crippen LogP contribution in [0.3, 0.4) is 0 Å². The molecule has 1 fully saturated rings. The van der Waals surface area contributed by atoms with Crippen molar-refractivity contribution < 1.29 is 4.74 Å². The second-order valence-electron chi connectivity index (χ2n) is 5.65. The average Bonchev–Trinajstić information content (AvgIpc) is 2.42. The molecule has 106 valence electrons. The van der Waals surface area contributed by atoms with Gasteiger partial charge in [-0.15, -0.1) is 0 Å². The number of hydrogen-bond donors (Lipinski definition) is 1. The fourth-order valence-electron chi connectivity index (χ4n) is 2.89. The molecule has 1 atom stereocenters. The monoisotopic (exact) mass is 262 g/mol. The van der Waals surface area contributed by atoms with Gasteiger partial charge in [0.1, 0.15) is 5.75 Å². The Morgan fingerprint density at radius 1 is 1.26 bits per heavy atom. The molecule has 3 heteroatoms. The lowest BCUT2D eigenvalue weighted by Gasteiger charge is -2.43. The molecule has 1 aromatic rings. The lowest BCUT2D eigenvalue weighted by atomic mass is 9.83. The Balaban J connectivity index is 2.08. The third kappa shape index (κ3) is 3.48. The third-order valence-electron chi connectivity index (χ3n) is 4.17. The van der Waals surface area contributed by atoms with Crippen molar-refractivity contribution in [1.82, 2.24) is 10.2 Å². The van der Waals surface area contributed by atoms with Gasteiger partial charge < -0.3 is 15.0 Å². The molecule has 1 saturated heterocycles. The van der Waals surface area contributed by atoms with Crippen LogP contribution < -0.4 is 10.1 Å². The summed E-state index contributed by atoms with van der Waals surface area (Å²) in [6.07, 6.45) is 3.62. The Morgan fingerprint density at radius 3 is 2.53 bits per heavy atom. The highest BCUT2D eigenvalue weighted by Crippen LogP contribution is 2.27. The summed E-state index contributed by atoms with van der Waals surface area (Å²) < 4.78 is 5.50. The molecule has 3 nitrogen and oxygen atoms in total. The number of rotatable bonds is 5. The van der Waals surface area contributed by atoms with Gasteiger partial charge in [0.2, 0.25) is 0 Å². The molecule has 1 heterocycles. The van der Waals surface area contributed by atoms with Gasteiger partial charge >= 0.3 is 0 Å². The predicted octanol–water partition coefficient (Wildman–Crippen LogP) is 2.31. The van der Waals surface area contributed by atoms with Gasteiger partial charge in [-0.3, -0.25) is 0 Å². The Kier molecular flexibility index (Phi) is 4.83. The molecule has 0 aliphatic carbocycles. The van der Waals surface area contributed by atoms with E-state index >= 15 is 0 Å². The van der Waals surface area contributed by atoms with E-state index in [2.05, 4.69) is 48.6 Å². The van der Waals surface area contributed by atoms with Crippen LogP contribution in [0.25, 0.3) is 0 Å². The zero-order valence-corrected chi connectivity index (χ0v) is 12.4. The zero-order chi connectivity index (χ0) is 13.7. The number of ether oxygens (including phenoxy) is 1. The van der Waals surface area contributed by atoms with Crippen molar-refractivity contribution in [2.75, 3.05) is 33.8 Å². The van der Waals surface area contributed by atoms with Gasteiger partial charge in [-0.05, 0) is 64.5 Å². The molecular formula is C16H26N2O. The highest BCUT2D eigenvalue weighted by molar-refractivity contribution is 5.28. The Hall–Kier alpha value is -1.06. The van der Waals surface area contributed by atoms with E-state index in [1.165, 1.54) is 18.4 Å². The number of nitrogens with one attached hydrogen (secondary N) is 1. The molecule has 0 saturated carbocycles. The molecule has 0 aromatic heterocycles. The topological polar surface area (TPSA) is 24.5 Å². The summed E-state index contributed by atoms with van der Waals surface area (Å²) in [5.41, 5.74) is 1.65. The van der Waals surface area contributed by atoms with Crippen molar-refractivity contribution >= 4 is 0 Å². The first-order chi connectivity index (χ1) is 9.16. The summed E-state index contributed by atoms with van der Waals surface area (Å²) >= 11 is 0. The van der Waals surface area contributed by atoms with E-state index in [4.69, 9.17) is 4.74 Å². The smallest absolute Gasteiger partial charge is 0.119 e. The third-order valence-corrected chi connectivity index (χ3v) is 4.17. The van der Waals surface area contributed by atoms with Crippen LogP contribution in [-0.4, -0.2) is 44.2 Å². The standard InChI is InChI=1S/C16H26N2O/c1-4-19-15-8-6-14(7-9-15)12-16(18(2)3)10-5-11-17-13-16/h6-9,17H,4-5,10-13H2,1-3H3. The second-order valence-corrected chi connectivity index (χ2v) is 5.65. The van der Waals surface area contributed by atoms with Gasteiger partial charge in [-0.1, -0.05) is 12.1 Å². The van der Waals surface area contributed by atoms with Crippen LogP contribution in [0.1, 0.15) is 25.3 Å². The molecule has 1 unspecified atom stereocenters. The maximum atomic E-state index is 5.50. The highest BCUT2D eigenvalue weighted by atomic mass is 16.5. The maximum absolute atomic E-state index is 5.50. The molecule has 0 radical (unpaired) electrons. The van der Waals surface area contributed by atoms with E-state index in [9.17, 15) is 0 Å². The van der Waals surface area contributed by atoms with Crippen molar-refractivity contribution in [2.45, 2.75) is 31.7 Å². The van der Waals surface area contributed by atoms with Gasteiger partial charge in [-0.25, -0.2) is 0 Å². The number of hydrogen-bond acceptors (Lipinski definition) is 3. The summed E-state index contributed by atoms with van der Waals surface area (Å²) in [5.74, 6) is 0.965. The Labute approximate surface area is 116 Å². The molecule has 19 heavy (non-hydrogen) atoms. The van der Waals surface area contributed by atoms with Crippen LogP contribution in [0.2, 0.25) is 0 Å². The van der Waals surface area contributed by atoms with Crippen molar-refractivity contribution in [1.29, 1.82) is 0 Å². The predicted molar refractivity (Wildman–Crippen MR) is 79.8 cm³/mol. The van der Waals surface area contributed by atoms with Crippen LogP contribution in [0, 0.1) is 0 Å². The molecule has 2 rings (SSSR count). The van der Waals surface area contributed by atoms with E-state index in [1.807, 2.05) is 6.92 Å². The van der Waals surface area contributed by atoms with E-state index < -0.39 is 0 Å². The van der Waals surface area contributed by atoms with E-state index in [0.717, 1.165) is 31.9 Å². The van der Waals surface area contributed by atoms with E-state index in [-0.39, 0.29) is 5.54 Å². The minimum Gasteiger partial charge on any atom is -0.494 e. The minimum absolute atomic E-state index is 0.255. The number of piperidine rings is 1. The Morgan fingerprint density at radius 2 is 2.00 bits per heavy atom. The summed E-state index contributed by atoms with van der Waals surface area (Å²) in [7, 11) is 4.39. The minimum atomic E-state index is 0.255. The van der Waals surface area contributed by atoms with Crippen LogP contribution in [0.4, 0.5) is 0 Å². The highest BCUT2D eigenvalue weighted by Gasteiger charge is 2.34. The van der Waals surface area contributed by atoms with Gasteiger partial charge in [0.25, 0.3) is 0 Å². The normalized spacial score (nSPS) is 23.6. The van der Waals surface area contributed by atoms with E-state index in [1.54, 1.807) is 0 Å². The van der Waals surface area contributed by atoms with Gasteiger partial charge in [-0.2, -0.15) is 0 Å². The SMILES string of the molecule is CCOc1ccc(CC2(N(C)C)CCCNC2)cc1. The molecule has 0 spiro atoms. The molecule has 0 bridgehead atoms. The van der Waals surface area contributed by atoms with E-state index in [0.29, 0.717) is 0 Å². The average molecular weight is 262 g/mol. The largest absolute Gasteiger partial charge is 0.494 e. The number of likely N-dealkylation sites (N-methyl/N-ethyl adjacent to an activating group) is 1. The van der Waals surface area contributed by atoms with Crippen LogP contribution in [0.15, 0.2) is 24.3 Å². The van der Waals surface area contributed by atoms with Crippen LogP contribution in [-0.2, 0) is 6.42 Å². The van der Waals surface area contributed by atoms with Crippen molar-refractivity contribution in [2.24, 2.45) is 0 Å². The second kappa shape index (κ2) is 6.40. The zero-order valence-electron chi connectivity index (χ0n) is 12.4. The lowest BCUT2D eigenvalue weighted by molar-refractivity contribution is 0.114. The van der Waals surface area contributed by atoms with Gasteiger partial charge in [0.05, 0.1) is 6.61 Å². The first-order valence-corrected chi connectivity index (χ1v) is 7.26. The van der Waals surface area contributed by atoms with Crippen molar-refractivity contribution in [3.63, 3.8) is 0 Å². The summed E-state index contributed by atoms with van der Waals surface area (Å²) in [5, 5.41) is 3.54. The summed E-state index contributed by atoms with van der Waals surface area (Å²) in [6, 6.07) is 8.56. The summed E-state index contributed by atoms with van der Waals surface area (Å²) in [6.45, 7) is 4.97. The number of benzene rings is 1. The quantitative estimate of drug-likeness (QED) is 0.881. The van der Waals surface area contributed by atoms with Crippen molar-refractivity contribution in [3.05, 3.63) is 29.8 Å². The van der Waals surface area contributed by atoms with Crippen LogP contribution in [0.5, 0.6) is 5.75 Å². The summed E-state index contributed by atoms with van der Waals surface area (Å²) in [4.78, 5) is 2.38. The fourth-order valence-corrected chi connectivity index (χ4v) is 2.89.